The molecule has 1 aliphatic rings. The summed E-state index contributed by atoms with van der Waals surface area (Å²) in [7, 11) is 0. The zero-order valence-electron chi connectivity index (χ0n) is 9.55. The van der Waals surface area contributed by atoms with Crippen molar-refractivity contribution in [1.29, 1.82) is 0 Å². The summed E-state index contributed by atoms with van der Waals surface area (Å²) in [6, 6.07) is 6.38. The quantitative estimate of drug-likeness (QED) is 0.817. The van der Waals surface area contributed by atoms with Crippen LogP contribution in [0.15, 0.2) is 18.2 Å². The fourth-order valence-corrected chi connectivity index (χ4v) is 2.09. The molecule has 15 heavy (non-hydrogen) atoms. The molecule has 1 N–H and O–H groups in total. The first-order valence-corrected chi connectivity index (χ1v) is 5.66. The molecular weight excluding hydrogens is 186 g/mol. The maximum absolute atomic E-state index is 5.81. The van der Waals surface area contributed by atoms with E-state index in [-0.39, 0.29) is 0 Å². The number of benzene rings is 1. The highest BCUT2D eigenvalue weighted by Crippen LogP contribution is 2.18. The molecule has 0 aromatic heterocycles. The Labute approximate surface area is 91.6 Å². The maximum atomic E-state index is 5.81. The molecule has 0 radical (unpaired) electrons. The van der Waals surface area contributed by atoms with Crippen LogP contribution in [0.25, 0.3) is 0 Å². The number of rotatable bonds is 3. The minimum Gasteiger partial charge on any atom is -0.493 e. The van der Waals surface area contributed by atoms with Crippen LogP contribution in [-0.2, 0) is 0 Å². The van der Waals surface area contributed by atoms with Gasteiger partial charge in [-0.2, -0.15) is 0 Å². The van der Waals surface area contributed by atoms with Crippen molar-refractivity contribution in [2.75, 3.05) is 19.7 Å². The third kappa shape index (κ3) is 2.96. The van der Waals surface area contributed by atoms with E-state index in [9.17, 15) is 0 Å². The molecule has 0 bridgehead atoms. The molecule has 1 aromatic carbocycles. The topological polar surface area (TPSA) is 21.3 Å². The van der Waals surface area contributed by atoms with Gasteiger partial charge in [-0.15, -0.1) is 0 Å². The van der Waals surface area contributed by atoms with Crippen LogP contribution < -0.4 is 10.1 Å². The summed E-state index contributed by atoms with van der Waals surface area (Å²) in [6.45, 7) is 7.30. The summed E-state index contributed by atoms with van der Waals surface area (Å²) < 4.78 is 5.81. The van der Waals surface area contributed by atoms with Crippen molar-refractivity contribution in [3.8, 4) is 5.75 Å². The summed E-state index contributed by atoms with van der Waals surface area (Å²) in [5, 5.41) is 3.35. The molecule has 2 rings (SSSR count). The Morgan fingerprint density at radius 2 is 2.00 bits per heavy atom. The monoisotopic (exact) mass is 205 g/mol. The van der Waals surface area contributed by atoms with E-state index in [1.807, 2.05) is 0 Å². The smallest absolute Gasteiger partial charge is 0.119 e. The Balaban J connectivity index is 1.92. The lowest BCUT2D eigenvalue weighted by Crippen LogP contribution is -2.15. The molecule has 0 spiro atoms. The molecule has 0 saturated carbocycles. The molecular formula is C13H19NO. The van der Waals surface area contributed by atoms with Gasteiger partial charge in [-0.25, -0.2) is 0 Å². The standard InChI is InChI=1S/C13H19NO/c1-10-5-11(2)7-13(6-10)15-9-12-3-4-14-8-12/h5-7,12,14H,3-4,8-9H2,1-2H3. The Hall–Kier alpha value is -1.02. The first-order valence-electron chi connectivity index (χ1n) is 5.66. The Morgan fingerprint density at radius 3 is 2.60 bits per heavy atom. The van der Waals surface area contributed by atoms with Gasteiger partial charge >= 0.3 is 0 Å². The molecule has 1 aliphatic heterocycles. The number of aryl methyl sites for hydroxylation is 2. The SMILES string of the molecule is Cc1cc(C)cc(OCC2CCNC2)c1. The van der Waals surface area contributed by atoms with Crippen molar-refractivity contribution in [3.63, 3.8) is 0 Å². The van der Waals surface area contributed by atoms with Crippen molar-refractivity contribution >= 4 is 0 Å². The van der Waals surface area contributed by atoms with Crippen LogP contribution in [0, 0.1) is 19.8 Å². The van der Waals surface area contributed by atoms with Gasteiger partial charge in [0.1, 0.15) is 5.75 Å². The maximum Gasteiger partial charge on any atom is 0.119 e. The highest BCUT2D eigenvalue weighted by Gasteiger charge is 2.14. The molecule has 0 amide bonds. The van der Waals surface area contributed by atoms with Gasteiger partial charge < -0.3 is 10.1 Å². The largest absolute Gasteiger partial charge is 0.493 e. The van der Waals surface area contributed by atoms with E-state index >= 15 is 0 Å². The predicted molar refractivity (Wildman–Crippen MR) is 62.4 cm³/mol. The summed E-state index contributed by atoms with van der Waals surface area (Å²) in [5.74, 6) is 1.70. The molecule has 0 aliphatic carbocycles. The van der Waals surface area contributed by atoms with Gasteiger partial charge in [0.05, 0.1) is 6.61 Å². The second-order valence-corrected chi connectivity index (χ2v) is 4.49. The van der Waals surface area contributed by atoms with E-state index in [0.29, 0.717) is 5.92 Å². The van der Waals surface area contributed by atoms with E-state index in [0.717, 1.165) is 25.4 Å². The number of nitrogens with one attached hydrogen (secondary N) is 1. The van der Waals surface area contributed by atoms with Gasteiger partial charge in [-0.1, -0.05) is 6.07 Å². The predicted octanol–water partition coefficient (Wildman–Crippen LogP) is 2.29. The molecule has 1 unspecified atom stereocenters. The van der Waals surface area contributed by atoms with Gasteiger partial charge in [0.15, 0.2) is 0 Å². The lowest BCUT2D eigenvalue weighted by Gasteiger charge is -2.11. The van der Waals surface area contributed by atoms with Crippen molar-refractivity contribution in [2.45, 2.75) is 20.3 Å². The summed E-state index contributed by atoms with van der Waals surface area (Å²) in [6.07, 6.45) is 1.24. The Bertz CT molecular complexity index is 309. The fourth-order valence-electron chi connectivity index (χ4n) is 2.09. The fraction of sp³-hybridized carbons (Fsp3) is 0.538. The molecule has 2 heteroatoms. The van der Waals surface area contributed by atoms with E-state index in [1.165, 1.54) is 17.5 Å². The van der Waals surface area contributed by atoms with Crippen LogP contribution in [0.1, 0.15) is 17.5 Å². The van der Waals surface area contributed by atoms with Crippen LogP contribution in [0.5, 0.6) is 5.75 Å². The van der Waals surface area contributed by atoms with Gasteiger partial charge in [0, 0.05) is 12.5 Å². The van der Waals surface area contributed by atoms with E-state index in [1.54, 1.807) is 0 Å². The zero-order chi connectivity index (χ0) is 10.7. The minimum absolute atomic E-state index is 0.686. The molecule has 1 heterocycles. The van der Waals surface area contributed by atoms with E-state index in [2.05, 4.69) is 37.4 Å². The first kappa shape index (κ1) is 10.5. The highest BCUT2D eigenvalue weighted by atomic mass is 16.5. The molecule has 2 nitrogen and oxygen atoms in total. The third-order valence-electron chi connectivity index (χ3n) is 2.84. The summed E-state index contributed by atoms with van der Waals surface area (Å²) in [5.41, 5.74) is 2.55. The first-order chi connectivity index (χ1) is 7.24. The zero-order valence-corrected chi connectivity index (χ0v) is 9.55. The van der Waals surface area contributed by atoms with Gasteiger partial charge in [-0.05, 0) is 50.1 Å². The van der Waals surface area contributed by atoms with Crippen molar-refractivity contribution < 1.29 is 4.74 Å². The van der Waals surface area contributed by atoms with Crippen LogP contribution in [0.2, 0.25) is 0 Å². The molecule has 1 fully saturated rings. The lowest BCUT2D eigenvalue weighted by atomic mass is 10.1. The second kappa shape index (κ2) is 4.67. The summed E-state index contributed by atoms with van der Waals surface area (Å²) >= 11 is 0. The Morgan fingerprint density at radius 1 is 1.27 bits per heavy atom. The van der Waals surface area contributed by atoms with Crippen LogP contribution in [0.4, 0.5) is 0 Å². The molecule has 1 aromatic rings. The van der Waals surface area contributed by atoms with Crippen LogP contribution >= 0.6 is 0 Å². The molecule has 1 atom stereocenters. The molecule has 82 valence electrons. The minimum atomic E-state index is 0.686. The number of ether oxygens (including phenoxy) is 1. The normalized spacial score (nSPS) is 20.5. The average Bonchev–Trinajstić information content (AvgIpc) is 2.65. The van der Waals surface area contributed by atoms with E-state index in [4.69, 9.17) is 4.74 Å². The van der Waals surface area contributed by atoms with Crippen LogP contribution in [-0.4, -0.2) is 19.7 Å². The Kier molecular flexibility index (Phi) is 3.27. The number of hydrogen-bond donors (Lipinski definition) is 1. The molecule has 1 saturated heterocycles. The highest BCUT2D eigenvalue weighted by molar-refractivity contribution is 5.32. The second-order valence-electron chi connectivity index (χ2n) is 4.49. The van der Waals surface area contributed by atoms with Crippen molar-refractivity contribution in [1.82, 2.24) is 5.32 Å². The van der Waals surface area contributed by atoms with Gasteiger partial charge in [0.25, 0.3) is 0 Å². The van der Waals surface area contributed by atoms with Crippen LogP contribution in [0.3, 0.4) is 0 Å². The lowest BCUT2D eigenvalue weighted by molar-refractivity contribution is 0.260. The average molecular weight is 205 g/mol. The van der Waals surface area contributed by atoms with Crippen molar-refractivity contribution in [2.24, 2.45) is 5.92 Å². The van der Waals surface area contributed by atoms with E-state index < -0.39 is 0 Å². The van der Waals surface area contributed by atoms with Gasteiger partial charge in [-0.3, -0.25) is 0 Å². The number of hydrogen-bond acceptors (Lipinski definition) is 2. The van der Waals surface area contributed by atoms with Gasteiger partial charge in [0.2, 0.25) is 0 Å². The van der Waals surface area contributed by atoms with Crippen molar-refractivity contribution in [3.05, 3.63) is 29.3 Å². The summed E-state index contributed by atoms with van der Waals surface area (Å²) in [4.78, 5) is 0. The third-order valence-corrected chi connectivity index (χ3v) is 2.84.